The zero-order valence-corrected chi connectivity index (χ0v) is 6.00. The molecule has 0 saturated carbocycles. The van der Waals surface area contributed by atoms with Gasteiger partial charge < -0.3 is 0 Å². The van der Waals surface area contributed by atoms with Gasteiger partial charge in [0, 0.05) is 6.54 Å². The summed E-state index contributed by atoms with van der Waals surface area (Å²) in [5, 5.41) is 2.56. The second-order valence-electron chi connectivity index (χ2n) is 2.21. The van der Waals surface area contributed by atoms with Crippen molar-refractivity contribution in [3.63, 3.8) is 0 Å². The number of aromatic nitrogens is 3. The highest BCUT2D eigenvalue weighted by Gasteiger charge is 1.89. The molecule has 0 amide bonds. The molecular weight excluding hydrogens is 130 g/mol. The zero-order valence-electron chi connectivity index (χ0n) is 6.00. The zero-order chi connectivity index (χ0) is 7.40. The number of hydrogen-bond donors (Lipinski definition) is 1. The fraction of sp³-hybridized carbons (Fsp3) is 0.667. The Balaban J connectivity index is 2.50. The predicted octanol–water partition coefficient (Wildman–Crippen LogP) is 0.371. The first-order valence-electron chi connectivity index (χ1n) is 3.44. The SMILES string of the molecule is CCCCn1cnc(=O)[nH]1. The molecule has 0 saturated heterocycles. The Hall–Kier alpha value is -1.06. The molecule has 0 aliphatic heterocycles. The normalized spacial score (nSPS) is 10.1. The molecule has 1 aromatic heterocycles. The Morgan fingerprint density at radius 1 is 1.80 bits per heavy atom. The van der Waals surface area contributed by atoms with Crippen molar-refractivity contribution in [3.8, 4) is 0 Å². The number of aryl methyl sites for hydroxylation is 1. The van der Waals surface area contributed by atoms with Crippen LogP contribution < -0.4 is 5.69 Å². The molecule has 4 heteroatoms. The van der Waals surface area contributed by atoms with E-state index >= 15 is 0 Å². The Morgan fingerprint density at radius 3 is 3.10 bits per heavy atom. The second kappa shape index (κ2) is 3.20. The van der Waals surface area contributed by atoms with Gasteiger partial charge in [-0.3, -0.25) is 4.68 Å². The van der Waals surface area contributed by atoms with Gasteiger partial charge in [-0.2, -0.15) is 4.98 Å². The molecule has 1 N–H and O–H groups in total. The van der Waals surface area contributed by atoms with Crippen LogP contribution in [0, 0.1) is 0 Å². The standard InChI is InChI=1S/C6H11N3O/c1-2-3-4-9-5-7-6(10)8-9/h5H,2-4H2,1H3,(H,8,10). The number of H-pyrrole nitrogens is 1. The summed E-state index contributed by atoms with van der Waals surface area (Å²) in [6.45, 7) is 2.96. The van der Waals surface area contributed by atoms with Crippen LogP contribution in [0.2, 0.25) is 0 Å². The van der Waals surface area contributed by atoms with E-state index < -0.39 is 0 Å². The highest BCUT2D eigenvalue weighted by atomic mass is 16.1. The lowest BCUT2D eigenvalue weighted by molar-refractivity contribution is 0.567. The van der Waals surface area contributed by atoms with Gasteiger partial charge in [-0.25, -0.2) is 9.89 Å². The summed E-state index contributed by atoms with van der Waals surface area (Å²) >= 11 is 0. The average Bonchev–Trinajstić information content (AvgIpc) is 2.31. The van der Waals surface area contributed by atoms with Crippen molar-refractivity contribution < 1.29 is 0 Å². The van der Waals surface area contributed by atoms with Crippen LogP contribution in [0.5, 0.6) is 0 Å². The van der Waals surface area contributed by atoms with Gasteiger partial charge in [0.25, 0.3) is 0 Å². The van der Waals surface area contributed by atoms with Crippen LogP contribution in [0.3, 0.4) is 0 Å². The highest BCUT2D eigenvalue weighted by molar-refractivity contribution is 4.57. The summed E-state index contributed by atoms with van der Waals surface area (Å²) in [5.74, 6) is 0. The third-order valence-corrected chi connectivity index (χ3v) is 1.31. The third-order valence-electron chi connectivity index (χ3n) is 1.31. The van der Waals surface area contributed by atoms with Gasteiger partial charge in [-0.15, -0.1) is 0 Å². The number of aromatic amines is 1. The van der Waals surface area contributed by atoms with Crippen LogP contribution in [0.15, 0.2) is 11.1 Å². The minimum Gasteiger partial charge on any atom is -0.273 e. The predicted molar refractivity (Wildman–Crippen MR) is 37.8 cm³/mol. The molecule has 1 heterocycles. The minimum absolute atomic E-state index is 0.267. The molecule has 0 atom stereocenters. The summed E-state index contributed by atoms with van der Waals surface area (Å²) in [4.78, 5) is 14.0. The first-order chi connectivity index (χ1) is 4.83. The average molecular weight is 141 g/mol. The molecule has 0 aliphatic carbocycles. The summed E-state index contributed by atoms with van der Waals surface area (Å²) in [6.07, 6.45) is 3.73. The molecular formula is C6H11N3O. The topological polar surface area (TPSA) is 50.7 Å². The van der Waals surface area contributed by atoms with Gasteiger partial charge in [0.15, 0.2) is 0 Å². The first-order valence-corrected chi connectivity index (χ1v) is 3.44. The van der Waals surface area contributed by atoms with Crippen molar-refractivity contribution in [2.75, 3.05) is 0 Å². The van der Waals surface area contributed by atoms with E-state index in [0.29, 0.717) is 0 Å². The molecule has 0 fully saturated rings. The van der Waals surface area contributed by atoms with Crippen LogP contribution >= 0.6 is 0 Å². The lowest BCUT2D eigenvalue weighted by atomic mass is 10.3. The van der Waals surface area contributed by atoms with Gasteiger partial charge in [-0.1, -0.05) is 13.3 Å². The van der Waals surface area contributed by atoms with Crippen LogP contribution in [0.25, 0.3) is 0 Å². The molecule has 0 spiro atoms. The van der Waals surface area contributed by atoms with Gasteiger partial charge in [0.1, 0.15) is 6.33 Å². The van der Waals surface area contributed by atoms with Crippen LogP contribution in [0.4, 0.5) is 0 Å². The first kappa shape index (κ1) is 7.05. The fourth-order valence-electron chi connectivity index (χ4n) is 0.745. The van der Waals surface area contributed by atoms with E-state index in [-0.39, 0.29) is 5.69 Å². The quantitative estimate of drug-likeness (QED) is 0.661. The maximum atomic E-state index is 10.5. The molecule has 0 unspecified atom stereocenters. The number of hydrogen-bond acceptors (Lipinski definition) is 2. The van der Waals surface area contributed by atoms with E-state index in [1.165, 1.54) is 6.33 Å². The van der Waals surface area contributed by atoms with Crippen LogP contribution in [0.1, 0.15) is 19.8 Å². The minimum atomic E-state index is -0.267. The van der Waals surface area contributed by atoms with Crippen molar-refractivity contribution >= 4 is 0 Å². The molecule has 0 aliphatic rings. The smallest absolute Gasteiger partial charge is 0.273 e. The van der Waals surface area contributed by atoms with E-state index in [1.807, 2.05) is 0 Å². The van der Waals surface area contributed by atoms with Crippen molar-refractivity contribution in [2.45, 2.75) is 26.3 Å². The number of nitrogens with zero attached hydrogens (tertiary/aromatic N) is 2. The van der Waals surface area contributed by atoms with E-state index in [0.717, 1.165) is 19.4 Å². The number of rotatable bonds is 3. The summed E-state index contributed by atoms with van der Waals surface area (Å²) in [7, 11) is 0. The summed E-state index contributed by atoms with van der Waals surface area (Å²) < 4.78 is 1.70. The van der Waals surface area contributed by atoms with E-state index in [4.69, 9.17) is 0 Å². The van der Waals surface area contributed by atoms with Crippen LogP contribution in [-0.4, -0.2) is 14.8 Å². The van der Waals surface area contributed by atoms with E-state index in [9.17, 15) is 4.79 Å². The van der Waals surface area contributed by atoms with Crippen LogP contribution in [-0.2, 0) is 6.54 Å². The fourth-order valence-corrected chi connectivity index (χ4v) is 0.745. The van der Waals surface area contributed by atoms with E-state index in [2.05, 4.69) is 17.0 Å². The molecule has 4 nitrogen and oxygen atoms in total. The van der Waals surface area contributed by atoms with Crippen molar-refractivity contribution in [2.24, 2.45) is 0 Å². The number of unbranched alkanes of at least 4 members (excludes halogenated alkanes) is 1. The molecule has 0 aromatic carbocycles. The lowest BCUT2D eigenvalue weighted by Gasteiger charge is -1.95. The molecule has 10 heavy (non-hydrogen) atoms. The Labute approximate surface area is 58.9 Å². The van der Waals surface area contributed by atoms with Gasteiger partial charge in [0.2, 0.25) is 0 Å². The third kappa shape index (κ3) is 1.72. The van der Waals surface area contributed by atoms with Gasteiger partial charge in [-0.05, 0) is 6.42 Å². The monoisotopic (exact) mass is 141 g/mol. The highest BCUT2D eigenvalue weighted by Crippen LogP contribution is 1.88. The second-order valence-corrected chi connectivity index (χ2v) is 2.21. The molecule has 1 aromatic rings. The van der Waals surface area contributed by atoms with Crippen molar-refractivity contribution in [3.05, 3.63) is 16.8 Å². The van der Waals surface area contributed by atoms with Crippen molar-refractivity contribution in [1.29, 1.82) is 0 Å². The lowest BCUT2D eigenvalue weighted by Crippen LogP contribution is -2.06. The molecule has 0 radical (unpaired) electrons. The van der Waals surface area contributed by atoms with Gasteiger partial charge in [0.05, 0.1) is 0 Å². The Kier molecular flexibility index (Phi) is 2.25. The Bertz CT molecular complexity index is 237. The van der Waals surface area contributed by atoms with E-state index in [1.54, 1.807) is 4.68 Å². The maximum Gasteiger partial charge on any atom is 0.361 e. The molecule has 56 valence electrons. The Morgan fingerprint density at radius 2 is 2.60 bits per heavy atom. The summed E-state index contributed by atoms with van der Waals surface area (Å²) in [6, 6.07) is 0. The largest absolute Gasteiger partial charge is 0.361 e. The van der Waals surface area contributed by atoms with Gasteiger partial charge >= 0.3 is 5.69 Å². The maximum absolute atomic E-state index is 10.5. The molecule has 1 rings (SSSR count). The summed E-state index contributed by atoms with van der Waals surface area (Å²) in [5.41, 5.74) is -0.267. The number of nitrogens with one attached hydrogen (secondary N) is 1. The molecule has 0 bridgehead atoms. The van der Waals surface area contributed by atoms with Crippen molar-refractivity contribution in [1.82, 2.24) is 14.8 Å².